The molecule has 1 aliphatic heterocycles. The van der Waals surface area contributed by atoms with Crippen LogP contribution in [0, 0.1) is 0 Å². The van der Waals surface area contributed by atoms with E-state index in [4.69, 9.17) is 0 Å². The summed E-state index contributed by atoms with van der Waals surface area (Å²) in [5.74, 6) is 0. The van der Waals surface area contributed by atoms with Crippen LogP contribution in [0.4, 0.5) is 26.3 Å². The minimum Gasteiger partial charge on any atom is -0.387 e. The predicted molar refractivity (Wildman–Crippen MR) is 116 cm³/mol. The summed E-state index contributed by atoms with van der Waals surface area (Å²) < 4.78 is 81.4. The molecule has 3 nitrogen and oxygen atoms in total. The van der Waals surface area contributed by atoms with Crippen LogP contribution >= 0.6 is 0 Å². The summed E-state index contributed by atoms with van der Waals surface area (Å²) in [6, 6.07) is 13.0. The molecule has 0 radical (unpaired) electrons. The predicted octanol–water partition coefficient (Wildman–Crippen LogP) is 6.40. The first-order chi connectivity index (χ1) is 16.1. The Morgan fingerprint density at radius 3 is 2.35 bits per heavy atom. The largest absolute Gasteiger partial charge is 0.433 e. The number of pyridine rings is 1. The van der Waals surface area contributed by atoms with E-state index in [0.29, 0.717) is 38.1 Å². The molecule has 2 atom stereocenters. The first-order valence-corrected chi connectivity index (χ1v) is 11.1. The maximum absolute atomic E-state index is 13.6. The molecule has 4 rings (SSSR count). The number of alkyl halides is 6. The molecule has 0 amide bonds. The van der Waals surface area contributed by atoms with E-state index in [2.05, 4.69) is 4.98 Å². The average molecular weight is 482 g/mol. The number of hydrogen-bond acceptors (Lipinski definition) is 3. The summed E-state index contributed by atoms with van der Waals surface area (Å²) in [7, 11) is 0. The van der Waals surface area contributed by atoms with Gasteiger partial charge in [-0.1, -0.05) is 48.9 Å². The second kappa shape index (κ2) is 9.54. The zero-order valence-electron chi connectivity index (χ0n) is 18.2. The van der Waals surface area contributed by atoms with E-state index in [1.54, 1.807) is 0 Å². The van der Waals surface area contributed by atoms with Crippen molar-refractivity contribution < 1.29 is 31.4 Å². The zero-order chi connectivity index (χ0) is 24.5. The molecule has 182 valence electrons. The highest BCUT2D eigenvalue weighted by molar-refractivity contribution is 5.86. The smallest absolute Gasteiger partial charge is 0.387 e. The normalized spacial score (nSPS) is 18.9. The van der Waals surface area contributed by atoms with Gasteiger partial charge >= 0.3 is 12.4 Å². The van der Waals surface area contributed by atoms with E-state index in [-0.39, 0.29) is 10.9 Å². The van der Waals surface area contributed by atoms with Gasteiger partial charge in [-0.2, -0.15) is 26.3 Å². The van der Waals surface area contributed by atoms with Crippen LogP contribution in [0.25, 0.3) is 10.9 Å². The third-order valence-electron chi connectivity index (χ3n) is 6.35. The van der Waals surface area contributed by atoms with Crippen molar-refractivity contribution in [3.05, 3.63) is 77.0 Å². The number of halogens is 6. The molecule has 3 aromatic rings. The van der Waals surface area contributed by atoms with Crippen molar-refractivity contribution in [3.63, 3.8) is 0 Å². The highest BCUT2D eigenvalue weighted by Crippen LogP contribution is 2.40. The molecular formula is C25H24F6N2O. The Hall–Kier alpha value is -2.65. The standard InChI is InChI=1S/C25H24F6N2O/c26-24(27,28)19-10-6-9-17-18(15-21(25(29,30)31)32-22(17)19)23(34)20-11-4-5-13-33(20)14-12-16-7-2-1-3-8-16/h1-3,6-10,15,20,23,34H,4-5,11-14H2/t20-,23+/m0/s1. The second-order valence-corrected chi connectivity index (χ2v) is 8.57. The molecule has 0 spiro atoms. The number of fused-ring (bicyclic) bond motifs is 1. The Morgan fingerprint density at radius 1 is 0.941 bits per heavy atom. The van der Waals surface area contributed by atoms with E-state index in [1.165, 1.54) is 6.07 Å². The maximum atomic E-state index is 13.6. The van der Waals surface area contributed by atoms with Crippen LogP contribution in [-0.4, -0.2) is 34.1 Å². The number of likely N-dealkylation sites (tertiary alicyclic amines) is 1. The van der Waals surface area contributed by atoms with Gasteiger partial charge in [0.15, 0.2) is 0 Å². The van der Waals surface area contributed by atoms with Crippen molar-refractivity contribution in [2.75, 3.05) is 13.1 Å². The molecule has 1 aromatic heterocycles. The third kappa shape index (κ3) is 5.20. The molecule has 1 fully saturated rings. The van der Waals surface area contributed by atoms with Crippen LogP contribution in [0.5, 0.6) is 0 Å². The van der Waals surface area contributed by atoms with Crippen LogP contribution in [0.1, 0.15) is 47.8 Å². The summed E-state index contributed by atoms with van der Waals surface area (Å²) in [4.78, 5) is 5.35. The Labute approximate surface area is 193 Å². The fraction of sp³-hybridized carbons (Fsp3) is 0.400. The van der Waals surface area contributed by atoms with Crippen molar-refractivity contribution in [3.8, 4) is 0 Å². The number of aromatic nitrogens is 1. The minimum absolute atomic E-state index is 0.121. The van der Waals surface area contributed by atoms with E-state index >= 15 is 0 Å². The molecule has 2 aromatic carbocycles. The van der Waals surface area contributed by atoms with Gasteiger partial charge in [-0.25, -0.2) is 4.98 Å². The lowest BCUT2D eigenvalue weighted by atomic mass is 9.90. The summed E-state index contributed by atoms with van der Waals surface area (Å²) >= 11 is 0. The summed E-state index contributed by atoms with van der Waals surface area (Å²) in [6.45, 7) is 1.23. The Balaban J connectivity index is 1.74. The molecule has 0 bridgehead atoms. The van der Waals surface area contributed by atoms with Gasteiger partial charge in [-0.3, -0.25) is 4.90 Å². The molecule has 1 N–H and O–H groups in total. The molecule has 34 heavy (non-hydrogen) atoms. The number of hydrogen-bond donors (Lipinski definition) is 1. The highest BCUT2D eigenvalue weighted by Gasteiger charge is 2.39. The number of nitrogens with zero attached hydrogens (tertiary/aromatic N) is 2. The highest BCUT2D eigenvalue weighted by atomic mass is 19.4. The Kier molecular flexibility index (Phi) is 6.87. The first-order valence-electron chi connectivity index (χ1n) is 11.1. The summed E-state index contributed by atoms with van der Waals surface area (Å²) in [5.41, 5.74) is -2.60. The van der Waals surface area contributed by atoms with Gasteiger partial charge in [0.1, 0.15) is 5.69 Å². The van der Waals surface area contributed by atoms with Gasteiger partial charge in [-0.05, 0) is 49.1 Å². The van der Waals surface area contributed by atoms with E-state index < -0.39 is 41.3 Å². The summed E-state index contributed by atoms with van der Waals surface area (Å²) in [5, 5.41) is 11.2. The minimum atomic E-state index is -4.96. The number of benzene rings is 2. The van der Waals surface area contributed by atoms with Gasteiger partial charge < -0.3 is 5.11 Å². The molecule has 2 heterocycles. The number of aliphatic hydroxyl groups excluding tert-OH is 1. The van der Waals surface area contributed by atoms with Gasteiger partial charge in [0.2, 0.25) is 0 Å². The van der Waals surface area contributed by atoms with Crippen molar-refractivity contribution in [1.29, 1.82) is 0 Å². The Morgan fingerprint density at radius 2 is 1.68 bits per heavy atom. The van der Waals surface area contributed by atoms with Gasteiger partial charge in [0, 0.05) is 18.0 Å². The quantitative estimate of drug-likeness (QED) is 0.428. The van der Waals surface area contributed by atoms with E-state index in [9.17, 15) is 31.4 Å². The maximum Gasteiger partial charge on any atom is 0.433 e. The lowest BCUT2D eigenvalue weighted by molar-refractivity contribution is -0.142. The topological polar surface area (TPSA) is 36.4 Å². The molecule has 1 aliphatic rings. The number of rotatable bonds is 5. The van der Waals surface area contributed by atoms with Crippen molar-refractivity contribution in [2.45, 2.75) is 50.2 Å². The average Bonchev–Trinajstić information content (AvgIpc) is 2.81. The van der Waals surface area contributed by atoms with Crippen LogP contribution in [0.15, 0.2) is 54.6 Å². The van der Waals surface area contributed by atoms with Crippen molar-refractivity contribution in [2.24, 2.45) is 0 Å². The summed E-state index contributed by atoms with van der Waals surface area (Å²) in [6.07, 6.45) is -8.38. The van der Waals surface area contributed by atoms with Crippen LogP contribution < -0.4 is 0 Å². The van der Waals surface area contributed by atoms with Crippen LogP contribution in [0.2, 0.25) is 0 Å². The molecule has 0 aliphatic carbocycles. The first kappa shape index (κ1) is 24.5. The van der Waals surface area contributed by atoms with Crippen LogP contribution in [-0.2, 0) is 18.8 Å². The van der Waals surface area contributed by atoms with Gasteiger partial charge in [-0.15, -0.1) is 0 Å². The molecular weight excluding hydrogens is 458 g/mol. The lowest BCUT2D eigenvalue weighted by Crippen LogP contribution is -2.44. The SMILES string of the molecule is O[C@H](c1cc(C(F)(F)F)nc2c(C(F)(F)F)cccc12)[C@@H]1CCCCN1CCc1ccccc1. The fourth-order valence-corrected chi connectivity index (χ4v) is 4.67. The fourth-order valence-electron chi connectivity index (χ4n) is 4.67. The number of piperidine rings is 1. The second-order valence-electron chi connectivity index (χ2n) is 8.57. The lowest BCUT2D eigenvalue weighted by Gasteiger charge is -2.39. The number of para-hydroxylation sites is 1. The zero-order valence-corrected chi connectivity index (χ0v) is 18.2. The van der Waals surface area contributed by atoms with Gasteiger partial charge in [0.25, 0.3) is 0 Å². The molecule has 0 saturated carbocycles. The molecule has 1 saturated heterocycles. The number of aliphatic hydroxyl groups is 1. The van der Waals surface area contributed by atoms with Gasteiger partial charge in [0.05, 0.1) is 17.2 Å². The third-order valence-corrected chi connectivity index (χ3v) is 6.35. The van der Waals surface area contributed by atoms with E-state index in [1.807, 2.05) is 35.2 Å². The van der Waals surface area contributed by atoms with E-state index in [0.717, 1.165) is 24.5 Å². The monoisotopic (exact) mass is 482 g/mol. The Bertz CT molecular complexity index is 1130. The van der Waals surface area contributed by atoms with Crippen molar-refractivity contribution >= 4 is 10.9 Å². The van der Waals surface area contributed by atoms with Crippen LogP contribution in [0.3, 0.4) is 0 Å². The van der Waals surface area contributed by atoms with Crippen molar-refractivity contribution in [1.82, 2.24) is 9.88 Å². The molecule has 0 unspecified atom stereocenters. The molecule has 9 heteroatoms.